The fraction of sp³-hybridized carbons (Fsp3) is 0.467. The molecule has 0 radical (unpaired) electrons. The van der Waals surface area contributed by atoms with Crippen molar-refractivity contribution >= 4 is 11.9 Å². The molecular weight excluding hydrogens is 258 g/mol. The zero-order valence-electron chi connectivity index (χ0n) is 11.3. The molecule has 0 aromatic heterocycles. The number of carbonyl (C=O) groups excluding carboxylic acids is 1. The van der Waals surface area contributed by atoms with Crippen molar-refractivity contribution in [2.24, 2.45) is 0 Å². The van der Waals surface area contributed by atoms with Crippen LogP contribution in [0, 0.1) is 0 Å². The number of carboxylic acid groups (broad SMARTS) is 1. The Kier molecular flexibility index (Phi) is 5.12. The highest BCUT2D eigenvalue weighted by Gasteiger charge is 2.28. The van der Waals surface area contributed by atoms with Gasteiger partial charge in [-0.1, -0.05) is 30.3 Å². The molecule has 1 aromatic carbocycles. The highest BCUT2D eigenvalue weighted by Crippen LogP contribution is 2.13. The minimum absolute atomic E-state index is 0.00315. The first-order valence-electron chi connectivity index (χ1n) is 6.80. The van der Waals surface area contributed by atoms with Crippen LogP contribution in [-0.2, 0) is 20.7 Å². The van der Waals surface area contributed by atoms with Crippen LogP contribution < -0.4 is 0 Å². The van der Waals surface area contributed by atoms with Crippen LogP contribution in [0.3, 0.4) is 0 Å². The minimum Gasteiger partial charge on any atom is -0.481 e. The van der Waals surface area contributed by atoms with E-state index in [2.05, 4.69) is 0 Å². The van der Waals surface area contributed by atoms with Gasteiger partial charge in [0.1, 0.15) is 0 Å². The van der Waals surface area contributed by atoms with Crippen LogP contribution >= 0.6 is 0 Å². The maximum atomic E-state index is 12.2. The van der Waals surface area contributed by atoms with Gasteiger partial charge in [-0.3, -0.25) is 9.59 Å². The number of aryl methyl sites for hydroxylation is 1. The maximum Gasteiger partial charge on any atom is 0.305 e. The van der Waals surface area contributed by atoms with Gasteiger partial charge in [-0.05, 0) is 12.0 Å². The highest BCUT2D eigenvalue weighted by molar-refractivity contribution is 5.78. The molecule has 0 saturated carbocycles. The minimum atomic E-state index is -0.902. The van der Waals surface area contributed by atoms with Crippen molar-refractivity contribution in [3.8, 4) is 0 Å². The Morgan fingerprint density at radius 3 is 2.75 bits per heavy atom. The first-order chi connectivity index (χ1) is 9.66. The predicted octanol–water partition coefficient (Wildman–Crippen LogP) is 1.32. The number of carbonyl (C=O) groups is 2. The fourth-order valence-corrected chi connectivity index (χ4v) is 2.39. The first kappa shape index (κ1) is 14.5. The quantitative estimate of drug-likeness (QED) is 0.881. The second-order valence-electron chi connectivity index (χ2n) is 4.90. The summed E-state index contributed by atoms with van der Waals surface area (Å²) in [7, 11) is 0. The number of ether oxygens (including phenoxy) is 1. The molecule has 1 aromatic rings. The molecule has 5 heteroatoms. The van der Waals surface area contributed by atoms with E-state index >= 15 is 0 Å². The second-order valence-corrected chi connectivity index (χ2v) is 4.90. The summed E-state index contributed by atoms with van der Waals surface area (Å²) in [4.78, 5) is 24.7. The Hall–Kier alpha value is -1.88. The molecule has 1 aliphatic rings. The molecule has 1 atom stereocenters. The van der Waals surface area contributed by atoms with E-state index in [1.807, 2.05) is 30.3 Å². The maximum absolute atomic E-state index is 12.2. The molecule has 1 unspecified atom stereocenters. The van der Waals surface area contributed by atoms with E-state index < -0.39 is 5.97 Å². The Balaban J connectivity index is 1.90. The number of rotatable bonds is 5. The second kappa shape index (κ2) is 7.05. The van der Waals surface area contributed by atoms with Crippen molar-refractivity contribution in [2.75, 3.05) is 19.8 Å². The molecule has 2 rings (SSSR count). The summed E-state index contributed by atoms with van der Waals surface area (Å²) in [5, 5.41) is 8.88. The topological polar surface area (TPSA) is 66.8 Å². The van der Waals surface area contributed by atoms with Crippen molar-refractivity contribution in [2.45, 2.75) is 25.3 Å². The number of hydrogen-bond acceptors (Lipinski definition) is 3. The molecule has 1 saturated heterocycles. The Bertz CT molecular complexity index is 460. The van der Waals surface area contributed by atoms with E-state index in [1.165, 1.54) is 0 Å². The highest BCUT2D eigenvalue weighted by atomic mass is 16.5. The number of aliphatic carboxylic acids is 1. The van der Waals surface area contributed by atoms with E-state index in [0.29, 0.717) is 32.6 Å². The molecule has 1 heterocycles. The summed E-state index contributed by atoms with van der Waals surface area (Å²) in [6, 6.07) is 9.46. The molecule has 0 spiro atoms. The number of morpholine rings is 1. The normalized spacial score (nSPS) is 18.8. The van der Waals surface area contributed by atoms with Crippen LogP contribution in [0.4, 0.5) is 0 Å². The fourth-order valence-electron chi connectivity index (χ4n) is 2.39. The van der Waals surface area contributed by atoms with Crippen molar-refractivity contribution in [3.63, 3.8) is 0 Å². The van der Waals surface area contributed by atoms with E-state index in [0.717, 1.165) is 5.56 Å². The van der Waals surface area contributed by atoms with E-state index in [1.54, 1.807) is 4.90 Å². The van der Waals surface area contributed by atoms with Gasteiger partial charge in [0.2, 0.25) is 5.91 Å². The van der Waals surface area contributed by atoms with E-state index in [9.17, 15) is 9.59 Å². The number of amides is 1. The molecule has 1 aliphatic heterocycles. The smallest absolute Gasteiger partial charge is 0.305 e. The summed E-state index contributed by atoms with van der Waals surface area (Å²) >= 11 is 0. The first-order valence-corrected chi connectivity index (χ1v) is 6.80. The van der Waals surface area contributed by atoms with Crippen LogP contribution in [0.2, 0.25) is 0 Å². The monoisotopic (exact) mass is 277 g/mol. The molecule has 1 amide bonds. The zero-order valence-corrected chi connectivity index (χ0v) is 11.3. The van der Waals surface area contributed by atoms with Gasteiger partial charge >= 0.3 is 5.97 Å². The lowest BCUT2D eigenvalue weighted by Gasteiger charge is -2.35. The molecule has 1 fully saturated rings. The third-order valence-corrected chi connectivity index (χ3v) is 3.43. The third kappa shape index (κ3) is 4.06. The van der Waals surface area contributed by atoms with Gasteiger partial charge in [-0.15, -0.1) is 0 Å². The number of carboxylic acids is 1. The Morgan fingerprint density at radius 2 is 2.05 bits per heavy atom. The third-order valence-electron chi connectivity index (χ3n) is 3.43. The summed E-state index contributed by atoms with van der Waals surface area (Å²) < 4.78 is 5.27. The van der Waals surface area contributed by atoms with Gasteiger partial charge in [0.15, 0.2) is 0 Å². The number of nitrogens with zero attached hydrogens (tertiary/aromatic N) is 1. The molecule has 5 nitrogen and oxygen atoms in total. The van der Waals surface area contributed by atoms with Gasteiger partial charge in [0.25, 0.3) is 0 Å². The predicted molar refractivity (Wildman–Crippen MR) is 73.3 cm³/mol. The molecule has 1 N–H and O–H groups in total. The van der Waals surface area contributed by atoms with Gasteiger partial charge in [0, 0.05) is 13.0 Å². The van der Waals surface area contributed by atoms with Crippen molar-refractivity contribution in [1.82, 2.24) is 4.90 Å². The molecular formula is C15H19NO4. The van der Waals surface area contributed by atoms with Crippen molar-refractivity contribution < 1.29 is 19.4 Å². The Labute approximate surface area is 118 Å². The molecule has 20 heavy (non-hydrogen) atoms. The lowest BCUT2D eigenvalue weighted by Crippen LogP contribution is -2.49. The largest absolute Gasteiger partial charge is 0.481 e. The number of benzene rings is 1. The van der Waals surface area contributed by atoms with Crippen molar-refractivity contribution in [1.29, 1.82) is 0 Å². The number of hydrogen-bond donors (Lipinski definition) is 1. The Morgan fingerprint density at radius 1 is 1.30 bits per heavy atom. The summed E-state index contributed by atoms with van der Waals surface area (Å²) in [6.45, 7) is 1.27. The zero-order chi connectivity index (χ0) is 14.4. The van der Waals surface area contributed by atoms with Gasteiger partial charge in [-0.25, -0.2) is 0 Å². The van der Waals surface area contributed by atoms with Crippen LogP contribution in [0.15, 0.2) is 30.3 Å². The summed E-state index contributed by atoms with van der Waals surface area (Å²) in [6.07, 6.45) is 1.02. The van der Waals surface area contributed by atoms with Gasteiger partial charge in [-0.2, -0.15) is 0 Å². The average Bonchev–Trinajstić information content (AvgIpc) is 2.46. The molecule has 0 bridgehead atoms. The van der Waals surface area contributed by atoms with Crippen molar-refractivity contribution in [3.05, 3.63) is 35.9 Å². The molecule has 0 aliphatic carbocycles. The standard InChI is InChI=1S/C15H19NO4/c17-14(7-6-12-4-2-1-3-5-12)16-8-9-20-11-13(16)10-15(18)19/h1-5,13H,6-11H2,(H,18,19). The van der Waals surface area contributed by atoms with E-state index in [-0.39, 0.29) is 18.4 Å². The summed E-state index contributed by atoms with van der Waals surface area (Å²) in [5.41, 5.74) is 1.11. The van der Waals surface area contributed by atoms with Crippen LogP contribution in [0.25, 0.3) is 0 Å². The van der Waals surface area contributed by atoms with Crippen LogP contribution in [-0.4, -0.2) is 47.7 Å². The lowest BCUT2D eigenvalue weighted by molar-refractivity contribution is -0.146. The van der Waals surface area contributed by atoms with Crippen LogP contribution in [0.5, 0.6) is 0 Å². The average molecular weight is 277 g/mol. The van der Waals surface area contributed by atoms with E-state index in [4.69, 9.17) is 9.84 Å². The SMILES string of the molecule is O=C(O)CC1COCCN1C(=O)CCc1ccccc1. The van der Waals surface area contributed by atoms with Gasteiger partial charge < -0.3 is 14.7 Å². The van der Waals surface area contributed by atoms with Gasteiger partial charge in [0.05, 0.1) is 25.7 Å². The lowest BCUT2D eigenvalue weighted by atomic mass is 10.1. The van der Waals surface area contributed by atoms with Crippen LogP contribution in [0.1, 0.15) is 18.4 Å². The summed E-state index contributed by atoms with van der Waals surface area (Å²) in [5.74, 6) is -0.898. The molecule has 108 valence electrons.